The number of hydrazone groups is 1. The van der Waals surface area contributed by atoms with Crippen LogP contribution in [0, 0.1) is 0 Å². The van der Waals surface area contributed by atoms with Gasteiger partial charge in [-0.2, -0.15) is 5.10 Å². The van der Waals surface area contributed by atoms with Gasteiger partial charge >= 0.3 is 0 Å². The summed E-state index contributed by atoms with van der Waals surface area (Å²) in [6, 6.07) is 17.4. The molecule has 0 fully saturated rings. The van der Waals surface area contributed by atoms with Gasteiger partial charge in [0.15, 0.2) is 0 Å². The fraction of sp³-hybridized carbons (Fsp3) is 0.0800. The van der Waals surface area contributed by atoms with Crippen LogP contribution in [0.1, 0.15) is 21.5 Å². The summed E-state index contributed by atoms with van der Waals surface area (Å²) >= 11 is 6.26. The molecule has 4 N–H and O–H groups in total. The summed E-state index contributed by atoms with van der Waals surface area (Å²) in [4.78, 5) is 27.6. The number of hydrogen-bond acceptors (Lipinski definition) is 6. The van der Waals surface area contributed by atoms with E-state index in [0.29, 0.717) is 15.6 Å². The van der Waals surface area contributed by atoms with Gasteiger partial charge in [-0.15, -0.1) is 0 Å². The molecule has 0 aliphatic rings. The Morgan fingerprint density at radius 2 is 1.63 bits per heavy atom. The van der Waals surface area contributed by atoms with Crippen LogP contribution in [0.15, 0.2) is 80.4 Å². The number of anilines is 1. The highest BCUT2D eigenvalue weighted by Crippen LogP contribution is 2.40. The summed E-state index contributed by atoms with van der Waals surface area (Å²) in [6.45, 7) is 0. The molecule has 35 heavy (non-hydrogen) atoms. The molecule has 0 saturated heterocycles. The second kappa shape index (κ2) is 11.7. The molecular formula is C25H22Br2N4O4. The zero-order chi connectivity index (χ0) is 25.5. The molecule has 10 heteroatoms. The predicted molar refractivity (Wildman–Crippen MR) is 144 cm³/mol. The molecule has 0 heterocycles. The molecule has 3 rings (SSSR count). The van der Waals surface area contributed by atoms with E-state index < -0.39 is 11.8 Å². The number of amides is 2. The number of hydrogen-bond donors (Lipinski definition) is 4. The number of aromatic hydroxyl groups is 2. The van der Waals surface area contributed by atoms with Crippen molar-refractivity contribution < 1.29 is 19.8 Å². The molecule has 0 aromatic heterocycles. The number of nitrogens with zero attached hydrogens (tertiary/aromatic N) is 2. The highest BCUT2D eigenvalue weighted by Gasteiger charge is 2.16. The van der Waals surface area contributed by atoms with Crippen LogP contribution in [0.3, 0.4) is 0 Å². The average molecular weight is 602 g/mol. The van der Waals surface area contributed by atoms with Crippen molar-refractivity contribution in [2.24, 2.45) is 5.10 Å². The Hall–Kier alpha value is -3.63. The van der Waals surface area contributed by atoms with Crippen LogP contribution < -0.4 is 15.6 Å². The van der Waals surface area contributed by atoms with E-state index in [2.05, 4.69) is 47.7 Å². The minimum atomic E-state index is -0.668. The summed E-state index contributed by atoms with van der Waals surface area (Å²) in [6.07, 6.45) is 2.75. The first-order valence-electron chi connectivity index (χ1n) is 10.3. The third-order valence-corrected chi connectivity index (χ3v) is 6.17. The topological polar surface area (TPSA) is 114 Å². The summed E-state index contributed by atoms with van der Waals surface area (Å²) in [5.74, 6) is -1.54. The Morgan fingerprint density at radius 3 is 2.26 bits per heavy atom. The van der Waals surface area contributed by atoms with Crippen LogP contribution in [0.2, 0.25) is 0 Å². The first kappa shape index (κ1) is 26.0. The van der Waals surface area contributed by atoms with Crippen molar-refractivity contribution in [3.8, 4) is 11.5 Å². The zero-order valence-corrected chi connectivity index (χ0v) is 22.0. The largest absolute Gasteiger partial charge is 0.506 e. The van der Waals surface area contributed by atoms with Gasteiger partial charge in [0.1, 0.15) is 21.7 Å². The maximum Gasteiger partial charge on any atom is 0.287 e. The normalized spacial score (nSPS) is 11.4. The maximum absolute atomic E-state index is 12.9. The lowest BCUT2D eigenvalue weighted by atomic mass is 10.1. The van der Waals surface area contributed by atoms with E-state index in [1.807, 2.05) is 43.3 Å². The van der Waals surface area contributed by atoms with Gasteiger partial charge in [0.05, 0.1) is 10.7 Å². The van der Waals surface area contributed by atoms with Crippen LogP contribution >= 0.6 is 31.9 Å². The van der Waals surface area contributed by atoms with Crippen molar-refractivity contribution in [3.05, 3.63) is 92.0 Å². The second-order valence-electron chi connectivity index (χ2n) is 7.52. The van der Waals surface area contributed by atoms with Gasteiger partial charge in [0, 0.05) is 30.9 Å². The Balaban J connectivity index is 1.85. The summed E-state index contributed by atoms with van der Waals surface area (Å²) in [7, 11) is 3.84. The second-order valence-corrected chi connectivity index (χ2v) is 9.17. The third kappa shape index (κ3) is 6.71. The van der Waals surface area contributed by atoms with Crippen LogP contribution in [-0.2, 0) is 4.79 Å². The van der Waals surface area contributed by atoms with E-state index in [9.17, 15) is 19.8 Å². The fourth-order valence-electron chi connectivity index (χ4n) is 2.91. The van der Waals surface area contributed by atoms with Crippen LogP contribution in [0.4, 0.5) is 5.69 Å². The van der Waals surface area contributed by atoms with Crippen molar-refractivity contribution in [1.29, 1.82) is 0 Å². The van der Waals surface area contributed by atoms with Crippen molar-refractivity contribution in [2.75, 3.05) is 19.0 Å². The highest BCUT2D eigenvalue weighted by atomic mass is 79.9. The first-order chi connectivity index (χ1) is 16.7. The summed E-state index contributed by atoms with van der Waals surface area (Å²) in [5, 5.41) is 26.5. The number of rotatable bonds is 7. The van der Waals surface area contributed by atoms with Gasteiger partial charge in [0.2, 0.25) is 0 Å². The van der Waals surface area contributed by atoms with Gasteiger partial charge in [-0.3, -0.25) is 9.59 Å². The Morgan fingerprint density at radius 1 is 0.971 bits per heavy atom. The van der Waals surface area contributed by atoms with E-state index in [-0.39, 0.29) is 27.2 Å². The number of phenols is 2. The summed E-state index contributed by atoms with van der Waals surface area (Å²) in [5.41, 5.74) is 4.64. The molecule has 0 aliphatic carbocycles. The molecule has 0 bridgehead atoms. The number of carbonyl (C=O) groups excluding carboxylic acids is 2. The highest BCUT2D eigenvalue weighted by molar-refractivity contribution is 9.11. The standard InChI is InChI=1S/C25H22Br2N4O4/c1-31(2)18-10-8-15(9-11-18)12-20(29-24(34)16-6-4-3-5-7-16)25(35)30-28-14-17-13-19(26)23(33)21(27)22(17)32/h3-14,32-33H,1-2H3,(H,29,34)(H,30,35)/b20-12-,28-14+. The molecule has 180 valence electrons. The number of halogens is 2. The molecule has 0 radical (unpaired) electrons. The van der Waals surface area contributed by atoms with Crippen molar-refractivity contribution in [1.82, 2.24) is 10.7 Å². The van der Waals surface area contributed by atoms with Crippen LogP contribution in [0.25, 0.3) is 6.08 Å². The fourth-order valence-corrected chi connectivity index (χ4v) is 4.07. The maximum atomic E-state index is 12.9. The van der Waals surface area contributed by atoms with Gasteiger partial charge in [-0.1, -0.05) is 30.3 Å². The van der Waals surface area contributed by atoms with Crippen molar-refractivity contribution in [3.63, 3.8) is 0 Å². The Labute approximate surface area is 219 Å². The lowest BCUT2D eigenvalue weighted by Gasteiger charge is -2.13. The molecule has 0 saturated carbocycles. The lowest BCUT2D eigenvalue weighted by molar-refractivity contribution is -0.117. The Kier molecular flexibility index (Phi) is 8.67. The zero-order valence-electron chi connectivity index (χ0n) is 18.8. The van der Waals surface area contributed by atoms with Gasteiger partial charge in [-0.05, 0) is 73.8 Å². The van der Waals surface area contributed by atoms with E-state index in [1.54, 1.807) is 30.3 Å². The average Bonchev–Trinajstić information content (AvgIpc) is 2.86. The minimum Gasteiger partial charge on any atom is -0.506 e. The Bertz CT molecular complexity index is 1290. The van der Waals surface area contributed by atoms with Crippen molar-refractivity contribution in [2.45, 2.75) is 0 Å². The molecular weight excluding hydrogens is 580 g/mol. The lowest BCUT2D eigenvalue weighted by Crippen LogP contribution is -2.32. The van der Waals surface area contributed by atoms with Gasteiger partial charge in [-0.25, -0.2) is 5.43 Å². The SMILES string of the molecule is CN(C)c1ccc(/C=C(\NC(=O)c2ccccc2)C(=O)N/N=C/c2cc(Br)c(O)c(Br)c2O)cc1. The smallest absolute Gasteiger partial charge is 0.287 e. The first-order valence-corrected chi connectivity index (χ1v) is 11.8. The minimum absolute atomic E-state index is 0.0223. The van der Waals surface area contributed by atoms with Crippen molar-refractivity contribution >= 4 is 61.7 Å². The molecule has 0 spiro atoms. The van der Waals surface area contributed by atoms with E-state index in [4.69, 9.17) is 0 Å². The van der Waals surface area contributed by atoms with Gasteiger partial charge in [0.25, 0.3) is 11.8 Å². The van der Waals surface area contributed by atoms with Crippen LogP contribution in [0.5, 0.6) is 11.5 Å². The van der Waals surface area contributed by atoms with E-state index >= 15 is 0 Å². The quantitative estimate of drug-likeness (QED) is 0.179. The predicted octanol–water partition coefficient (Wildman–Crippen LogP) is 4.61. The monoisotopic (exact) mass is 600 g/mol. The molecule has 3 aromatic carbocycles. The molecule has 0 aliphatic heterocycles. The summed E-state index contributed by atoms with van der Waals surface area (Å²) < 4.78 is 0.406. The van der Waals surface area contributed by atoms with Crippen LogP contribution in [-0.4, -0.2) is 42.3 Å². The van der Waals surface area contributed by atoms with E-state index in [1.165, 1.54) is 18.4 Å². The molecule has 0 atom stereocenters. The third-order valence-electron chi connectivity index (χ3n) is 4.82. The molecule has 3 aromatic rings. The number of phenolic OH excluding ortho intramolecular Hbond substituents is 2. The van der Waals surface area contributed by atoms with Gasteiger partial charge < -0.3 is 20.4 Å². The number of nitrogens with one attached hydrogen (secondary N) is 2. The molecule has 2 amide bonds. The molecule has 8 nitrogen and oxygen atoms in total. The number of benzene rings is 3. The number of carbonyl (C=O) groups is 2. The van der Waals surface area contributed by atoms with E-state index in [0.717, 1.165) is 5.69 Å². The molecule has 0 unspecified atom stereocenters.